The molecule has 2 aliphatic rings. The molecule has 0 radical (unpaired) electrons. The number of nitrogens with one attached hydrogen (secondary N) is 1. The second kappa shape index (κ2) is 5.53. The van der Waals surface area contributed by atoms with Crippen LogP contribution < -0.4 is 5.32 Å². The van der Waals surface area contributed by atoms with Crippen LogP contribution in [0.2, 0.25) is 0 Å². The summed E-state index contributed by atoms with van der Waals surface area (Å²) < 4.78 is 7.65. The highest BCUT2D eigenvalue weighted by atomic mass is 16.5. The van der Waals surface area contributed by atoms with E-state index in [2.05, 4.69) is 46.4 Å². The Balaban J connectivity index is 1.66. The number of nitrogens with zero attached hydrogens (tertiary/aromatic N) is 2. The van der Waals surface area contributed by atoms with E-state index < -0.39 is 0 Å². The van der Waals surface area contributed by atoms with Gasteiger partial charge in [0.1, 0.15) is 5.82 Å². The predicted molar refractivity (Wildman–Crippen MR) is 82.7 cm³/mol. The summed E-state index contributed by atoms with van der Waals surface area (Å²) in [6.07, 6.45) is 3.27. The maximum Gasteiger partial charge on any atom is 0.125 e. The van der Waals surface area contributed by atoms with Gasteiger partial charge in [0.2, 0.25) is 0 Å². The number of fused-ring (bicyclic) bond motifs is 1. The van der Waals surface area contributed by atoms with Crippen molar-refractivity contribution in [2.75, 3.05) is 25.1 Å². The molecule has 0 amide bonds. The molecule has 2 aromatic rings. The first-order valence-electron chi connectivity index (χ1n) is 7.88. The molecular weight excluding hydrogens is 262 g/mol. The molecule has 4 nitrogen and oxygen atoms in total. The van der Waals surface area contributed by atoms with Gasteiger partial charge in [0.25, 0.3) is 0 Å². The fourth-order valence-corrected chi connectivity index (χ4v) is 3.42. The van der Waals surface area contributed by atoms with Crippen molar-refractivity contribution in [3.8, 4) is 0 Å². The topological polar surface area (TPSA) is 39.1 Å². The first-order chi connectivity index (χ1) is 10.4. The molecule has 4 heteroatoms. The molecule has 1 N–H and O–H groups in total. The molecule has 0 bridgehead atoms. The van der Waals surface area contributed by atoms with Crippen LogP contribution in [0.3, 0.4) is 0 Å². The average molecular weight is 283 g/mol. The van der Waals surface area contributed by atoms with Crippen molar-refractivity contribution in [2.24, 2.45) is 0 Å². The maximum absolute atomic E-state index is 5.46. The molecule has 0 spiro atoms. The quantitative estimate of drug-likeness (QED) is 0.920. The third-order valence-electron chi connectivity index (χ3n) is 4.60. The monoisotopic (exact) mass is 283 g/mol. The molecule has 3 heterocycles. The molecule has 0 aliphatic carbocycles. The van der Waals surface area contributed by atoms with Crippen LogP contribution >= 0.6 is 0 Å². The minimum atomic E-state index is 0.357. The Morgan fingerprint density at radius 2 is 1.90 bits per heavy atom. The Kier molecular flexibility index (Phi) is 3.39. The maximum atomic E-state index is 5.46. The Labute approximate surface area is 125 Å². The highest BCUT2D eigenvalue weighted by molar-refractivity contribution is 5.42. The minimum absolute atomic E-state index is 0.357. The largest absolute Gasteiger partial charge is 0.381 e. The van der Waals surface area contributed by atoms with Crippen molar-refractivity contribution in [3.05, 3.63) is 47.7 Å². The number of anilines is 1. The van der Waals surface area contributed by atoms with Gasteiger partial charge in [-0.05, 0) is 24.8 Å². The summed E-state index contributed by atoms with van der Waals surface area (Å²) in [6, 6.07) is 13.3. The Morgan fingerprint density at radius 3 is 2.71 bits per heavy atom. The van der Waals surface area contributed by atoms with Crippen molar-refractivity contribution in [2.45, 2.75) is 31.2 Å². The molecule has 1 aromatic heterocycles. The zero-order valence-corrected chi connectivity index (χ0v) is 12.2. The van der Waals surface area contributed by atoms with E-state index >= 15 is 0 Å². The van der Waals surface area contributed by atoms with Crippen LogP contribution in [-0.2, 0) is 4.74 Å². The standard InChI is InChI=1S/C17H21N3O/c1-2-4-14(5-3-1)16-6-9-18-17-12-15(19-20(16)17)13-7-10-21-11-8-13/h1-5,12-13,16,18H,6-11H2. The van der Waals surface area contributed by atoms with E-state index in [0.29, 0.717) is 12.0 Å². The fourth-order valence-electron chi connectivity index (χ4n) is 3.42. The third kappa shape index (κ3) is 2.44. The molecule has 21 heavy (non-hydrogen) atoms. The van der Waals surface area contributed by atoms with Crippen molar-refractivity contribution in [1.82, 2.24) is 9.78 Å². The smallest absolute Gasteiger partial charge is 0.125 e. The lowest BCUT2D eigenvalue weighted by atomic mass is 9.97. The van der Waals surface area contributed by atoms with Gasteiger partial charge in [-0.25, -0.2) is 4.68 Å². The molecule has 1 atom stereocenters. The second-order valence-corrected chi connectivity index (χ2v) is 5.93. The van der Waals surface area contributed by atoms with Crippen LogP contribution in [-0.4, -0.2) is 29.5 Å². The first kappa shape index (κ1) is 12.9. The Bertz CT molecular complexity index is 602. The molecule has 4 rings (SSSR count). The summed E-state index contributed by atoms with van der Waals surface area (Å²) >= 11 is 0. The zero-order chi connectivity index (χ0) is 14.1. The van der Waals surface area contributed by atoms with Crippen LogP contribution in [0, 0.1) is 0 Å². The van der Waals surface area contributed by atoms with Gasteiger partial charge in [-0.3, -0.25) is 0 Å². The van der Waals surface area contributed by atoms with Gasteiger partial charge in [-0.2, -0.15) is 5.10 Å². The number of hydrogen-bond acceptors (Lipinski definition) is 3. The van der Waals surface area contributed by atoms with E-state index in [1.165, 1.54) is 11.3 Å². The predicted octanol–water partition coefficient (Wildman–Crippen LogP) is 3.18. The number of benzene rings is 1. The molecule has 1 fully saturated rings. The Hall–Kier alpha value is -1.81. The minimum Gasteiger partial charge on any atom is -0.381 e. The van der Waals surface area contributed by atoms with Gasteiger partial charge >= 0.3 is 0 Å². The first-order valence-corrected chi connectivity index (χ1v) is 7.88. The molecule has 1 unspecified atom stereocenters. The number of hydrogen-bond donors (Lipinski definition) is 1. The van der Waals surface area contributed by atoms with Crippen LogP contribution in [0.25, 0.3) is 0 Å². The summed E-state index contributed by atoms with van der Waals surface area (Å²) in [4.78, 5) is 0. The number of rotatable bonds is 2. The van der Waals surface area contributed by atoms with E-state index in [0.717, 1.165) is 44.8 Å². The summed E-state index contributed by atoms with van der Waals surface area (Å²) in [5.41, 5.74) is 2.57. The van der Waals surface area contributed by atoms with Gasteiger partial charge in [0.15, 0.2) is 0 Å². The molecular formula is C17H21N3O. The van der Waals surface area contributed by atoms with Crippen molar-refractivity contribution >= 4 is 5.82 Å². The summed E-state index contributed by atoms with van der Waals surface area (Å²) in [5.74, 6) is 1.71. The molecule has 110 valence electrons. The van der Waals surface area contributed by atoms with E-state index in [-0.39, 0.29) is 0 Å². The van der Waals surface area contributed by atoms with Crippen molar-refractivity contribution in [3.63, 3.8) is 0 Å². The van der Waals surface area contributed by atoms with Crippen LogP contribution in [0.4, 0.5) is 5.82 Å². The van der Waals surface area contributed by atoms with Gasteiger partial charge in [0, 0.05) is 31.7 Å². The van der Waals surface area contributed by atoms with E-state index in [1.54, 1.807) is 0 Å². The van der Waals surface area contributed by atoms with Crippen molar-refractivity contribution in [1.29, 1.82) is 0 Å². The van der Waals surface area contributed by atoms with Crippen LogP contribution in [0.1, 0.15) is 42.5 Å². The SMILES string of the molecule is c1ccc(C2CCNc3cc(C4CCOCC4)nn32)cc1. The summed E-state index contributed by atoms with van der Waals surface area (Å²) in [6.45, 7) is 2.74. The van der Waals surface area contributed by atoms with E-state index in [9.17, 15) is 0 Å². The summed E-state index contributed by atoms with van der Waals surface area (Å²) in [7, 11) is 0. The lowest BCUT2D eigenvalue weighted by Gasteiger charge is -2.26. The van der Waals surface area contributed by atoms with E-state index in [4.69, 9.17) is 9.84 Å². The van der Waals surface area contributed by atoms with Crippen LogP contribution in [0.5, 0.6) is 0 Å². The summed E-state index contributed by atoms with van der Waals surface area (Å²) in [5, 5.41) is 8.42. The highest BCUT2D eigenvalue weighted by Crippen LogP contribution is 2.33. The Morgan fingerprint density at radius 1 is 1.10 bits per heavy atom. The highest BCUT2D eigenvalue weighted by Gasteiger charge is 2.26. The van der Waals surface area contributed by atoms with Gasteiger partial charge in [0.05, 0.1) is 11.7 Å². The van der Waals surface area contributed by atoms with Crippen LogP contribution in [0.15, 0.2) is 36.4 Å². The normalized spacial score (nSPS) is 22.6. The molecule has 1 saturated heterocycles. The van der Waals surface area contributed by atoms with E-state index in [1.807, 2.05) is 0 Å². The molecule has 2 aliphatic heterocycles. The fraction of sp³-hybridized carbons (Fsp3) is 0.471. The third-order valence-corrected chi connectivity index (χ3v) is 4.60. The lowest BCUT2D eigenvalue weighted by molar-refractivity contribution is 0.0843. The number of aromatic nitrogens is 2. The van der Waals surface area contributed by atoms with Gasteiger partial charge in [-0.1, -0.05) is 30.3 Å². The van der Waals surface area contributed by atoms with Crippen molar-refractivity contribution < 1.29 is 4.74 Å². The molecule has 1 aromatic carbocycles. The number of ether oxygens (including phenoxy) is 1. The second-order valence-electron chi connectivity index (χ2n) is 5.93. The van der Waals surface area contributed by atoms with Gasteiger partial charge in [-0.15, -0.1) is 0 Å². The average Bonchev–Trinajstić information content (AvgIpc) is 3.00. The lowest BCUT2D eigenvalue weighted by Crippen LogP contribution is -2.24. The molecule has 0 saturated carbocycles. The zero-order valence-electron chi connectivity index (χ0n) is 12.2. The van der Waals surface area contributed by atoms with Gasteiger partial charge < -0.3 is 10.1 Å².